The Bertz CT molecular complexity index is 977. The molecule has 1 aliphatic rings. The van der Waals surface area contributed by atoms with E-state index in [1.54, 1.807) is 0 Å². The topological polar surface area (TPSA) is 61.4 Å². The standard InChI is InChI=1S/C22H22N6/c1-3-9-17(10-4-1)15-27-21-19(23-25-27)13-7-8-14-20-22(21)28(26-24-20)16-18-11-5-2-6-12-18/h1-6,9-12H,7-8,13-16H2. The van der Waals surface area contributed by atoms with Gasteiger partial charge in [-0.05, 0) is 36.8 Å². The first-order valence-corrected chi connectivity index (χ1v) is 9.81. The fourth-order valence-corrected chi connectivity index (χ4v) is 3.87. The van der Waals surface area contributed by atoms with Gasteiger partial charge in [0.2, 0.25) is 0 Å². The molecule has 0 bridgehead atoms. The summed E-state index contributed by atoms with van der Waals surface area (Å²) in [7, 11) is 0. The largest absolute Gasteiger partial charge is 0.238 e. The Balaban J connectivity index is 1.60. The van der Waals surface area contributed by atoms with Crippen LogP contribution in [0.2, 0.25) is 0 Å². The van der Waals surface area contributed by atoms with Crippen molar-refractivity contribution < 1.29 is 0 Å². The number of nitrogens with zero attached hydrogens (tertiary/aromatic N) is 6. The average molecular weight is 370 g/mol. The van der Waals surface area contributed by atoms with Crippen molar-refractivity contribution in [3.63, 3.8) is 0 Å². The first-order valence-electron chi connectivity index (χ1n) is 9.81. The Kier molecular flexibility index (Phi) is 4.45. The summed E-state index contributed by atoms with van der Waals surface area (Å²) in [6, 6.07) is 20.8. The lowest BCUT2D eigenvalue weighted by Gasteiger charge is -2.14. The highest BCUT2D eigenvalue weighted by Gasteiger charge is 2.25. The Labute approximate surface area is 163 Å². The van der Waals surface area contributed by atoms with Crippen molar-refractivity contribution in [2.45, 2.75) is 38.8 Å². The summed E-state index contributed by atoms with van der Waals surface area (Å²) in [4.78, 5) is 0. The number of rotatable bonds is 4. The molecule has 0 N–H and O–H groups in total. The van der Waals surface area contributed by atoms with Crippen LogP contribution in [0.3, 0.4) is 0 Å². The van der Waals surface area contributed by atoms with Gasteiger partial charge in [0.15, 0.2) is 0 Å². The van der Waals surface area contributed by atoms with Gasteiger partial charge in [-0.25, -0.2) is 9.36 Å². The average Bonchev–Trinajstić information content (AvgIpc) is 3.27. The van der Waals surface area contributed by atoms with Crippen molar-refractivity contribution in [3.8, 4) is 11.4 Å². The summed E-state index contributed by atoms with van der Waals surface area (Å²) in [6.07, 6.45) is 4.09. The molecule has 6 heteroatoms. The third-order valence-corrected chi connectivity index (χ3v) is 5.26. The van der Waals surface area contributed by atoms with Crippen LogP contribution in [0.25, 0.3) is 11.4 Å². The molecule has 6 nitrogen and oxygen atoms in total. The molecule has 5 rings (SSSR count). The van der Waals surface area contributed by atoms with Gasteiger partial charge in [-0.2, -0.15) is 0 Å². The molecule has 0 aliphatic heterocycles. The molecule has 2 aromatic heterocycles. The second-order valence-corrected chi connectivity index (χ2v) is 7.26. The molecule has 4 aromatic rings. The van der Waals surface area contributed by atoms with Crippen LogP contribution in [0.5, 0.6) is 0 Å². The highest BCUT2D eigenvalue weighted by atomic mass is 15.5. The SMILES string of the molecule is c1ccc(Cn2nnc3c2-c2c(nnn2Cc2ccccc2)CCCC3)cc1. The second-order valence-electron chi connectivity index (χ2n) is 7.26. The van der Waals surface area contributed by atoms with Gasteiger partial charge >= 0.3 is 0 Å². The zero-order chi connectivity index (χ0) is 18.8. The number of hydrogen-bond donors (Lipinski definition) is 0. The van der Waals surface area contributed by atoms with Gasteiger partial charge in [0.25, 0.3) is 0 Å². The van der Waals surface area contributed by atoms with Crippen molar-refractivity contribution in [3.05, 3.63) is 83.2 Å². The number of aryl methyl sites for hydroxylation is 2. The summed E-state index contributed by atoms with van der Waals surface area (Å²) in [5, 5.41) is 18.1. The Morgan fingerprint density at radius 3 is 1.46 bits per heavy atom. The highest BCUT2D eigenvalue weighted by molar-refractivity contribution is 5.61. The molecule has 0 saturated heterocycles. The molecule has 0 unspecified atom stereocenters. The zero-order valence-electron chi connectivity index (χ0n) is 15.7. The van der Waals surface area contributed by atoms with E-state index in [4.69, 9.17) is 0 Å². The molecule has 2 heterocycles. The Morgan fingerprint density at radius 2 is 1.04 bits per heavy atom. The summed E-state index contributed by atoms with van der Waals surface area (Å²) in [6.45, 7) is 1.39. The van der Waals surface area contributed by atoms with Gasteiger partial charge in [-0.15, -0.1) is 10.2 Å². The van der Waals surface area contributed by atoms with Crippen molar-refractivity contribution in [2.24, 2.45) is 0 Å². The summed E-state index contributed by atoms with van der Waals surface area (Å²) in [5.74, 6) is 0. The Morgan fingerprint density at radius 1 is 0.607 bits per heavy atom. The molecule has 0 fully saturated rings. The van der Waals surface area contributed by atoms with E-state index in [1.807, 2.05) is 21.5 Å². The van der Waals surface area contributed by atoms with Crippen LogP contribution in [0.15, 0.2) is 60.7 Å². The summed E-state index contributed by atoms with van der Waals surface area (Å²) in [5.41, 5.74) is 6.66. The van der Waals surface area contributed by atoms with Gasteiger partial charge < -0.3 is 0 Å². The quantitative estimate of drug-likeness (QED) is 0.551. The van der Waals surface area contributed by atoms with E-state index in [1.165, 1.54) is 11.1 Å². The van der Waals surface area contributed by atoms with Gasteiger partial charge in [0.05, 0.1) is 24.5 Å². The van der Waals surface area contributed by atoms with Crippen molar-refractivity contribution in [2.75, 3.05) is 0 Å². The summed E-state index contributed by atoms with van der Waals surface area (Å²) < 4.78 is 4.03. The Hall–Kier alpha value is -3.28. The van der Waals surface area contributed by atoms with Gasteiger partial charge in [-0.1, -0.05) is 71.1 Å². The highest BCUT2D eigenvalue weighted by Crippen LogP contribution is 2.30. The number of hydrogen-bond acceptors (Lipinski definition) is 4. The lowest BCUT2D eigenvalue weighted by molar-refractivity contribution is 0.630. The molecule has 0 atom stereocenters. The predicted octanol–water partition coefficient (Wildman–Crippen LogP) is 3.51. The van der Waals surface area contributed by atoms with Crippen LogP contribution in [0.1, 0.15) is 35.4 Å². The van der Waals surface area contributed by atoms with Crippen LogP contribution in [-0.4, -0.2) is 30.0 Å². The summed E-state index contributed by atoms with van der Waals surface area (Å²) >= 11 is 0. The minimum Gasteiger partial charge on any atom is -0.238 e. The van der Waals surface area contributed by atoms with Crippen LogP contribution in [-0.2, 0) is 25.9 Å². The van der Waals surface area contributed by atoms with E-state index < -0.39 is 0 Å². The van der Waals surface area contributed by atoms with E-state index in [9.17, 15) is 0 Å². The normalized spacial score (nSPS) is 13.4. The molecule has 0 amide bonds. The van der Waals surface area contributed by atoms with E-state index in [2.05, 4.69) is 69.2 Å². The smallest absolute Gasteiger partial charge is 0.112 e. The van der Waals surface area contributed by atoms with Crippen LogP contribution < -0.4 is 0 Å². The molecular formula is C22H22N6. The van der Waals surface area contributed by atoms with E-state index in [0.29, 0.717) is 13.1 Å². The fourth-order valence-electron chi connectivity index (χ4n) is 3.87. The number of aromatic nitrogens is 6. The first kappa shape index (κ1) is 16.9. The van der Waals surface area contributed by atoms with E-state index in [-0.39, 0.29) is 0 Å². The fraction of sp³-hybridized carbons (Fsp3) is 0.273. The molecule has 0 saturated carbocycles. The number of benzene rings is 2. The lowest BCUT2D eigenvalue weighted by atomic mass is 10.0. The van der Waals surface area contributed by atoms with E-state index in [0.717, 1.165) is 48.5 Å². The molecular weight excluding hydrogens is 348 g/mol. The zero-order valence-corrected chi connectivity index (χ0v) is 15.7. The molecule has 140 valence electrons. The minimum atomic E-state index is 0.694. The molecule has 1 aliphatic carbocycles. The third-order valence-electron chi connectivity index (χ3n) is 5.26. The van der Waals surface area contributed by atoms with Crippen LogP contribution in [0.4, 0.5) is 0 Å². The second kappa shape index (κ2) is 7.38. The number of fused-ring (bicyclic) bond motifs is 3. The minimum absolute atomic E-state index is 0.694. The van der Waals surface area contributed by atoms with Crippen molar-refractivity contribution >= 4 is 0 Å². The van der Waals surface area contributed by atoms with Crippen molar-refractivity contribution in [1.82, 2.24) is 30.0 Å². The maximum absolute atomic E-state index is 4.53. The maximum Gasteiger partial charge on any atom is 0.112 e. The molecule has 0 spiro atoms. The van der Waals surface area contributed by atoms with Gasteiger partial charge in [0, 0.05) is 0 Å². The molecule has 28 heavy (non-hydrogen) atoms. The molecule has 2 aromatic carbocycles. The van der Waals surface area contributed by atoms with Gasteiger partial charge in [-0.3, -0.25) is 0 Å². The van der Waals surface area contributed by atoms with E-state index >= 15 is 0 Å². The van der Waals surface area contributed by atoms with Crippen molar-refractivity contribution in [1.29, 1.82) is 0 Å². The van der Waals surface area contributed by atoms with Crippen LogP contribution in [0, 0.1) is 0 Å². The first-order chi connectivity index (χ1) is 13.9. The maximum atomic E-state index is 4.53. The predicted molar refractivity (Wildman–Crippen MR) is 107 cm³/mol. The lowest BCUT2D eigenvalue weighted by Crippen LogP contribution is -2.12. The third kappa shape index (κ3) is 3.22. The van der Waals surface area contributed by atoms with Gasteiger partial charge in [0.1, 0.15) is 11.4 Å². The van der Waals surface area contributed by atoms with Crippen LogP contribution >= 0.6 is 0 Å². The monoisotopic (exact) mass is 370 g/mol. The molecule has 0 radical (unpaired) electrons.